The summed E-state index contributed by atoms with van der Waals surface area (Å²) in [5, 5.41) is 8.82. The van der Waals surface area contributed by atoms with Crippen molar-refractivity contribution in [3.05, 3.63) is 54.6 Å². The van der Waals surface area contributed by atoms with Crippen LogP contribution in [0.3, 0.4) is 0 Å². The Morgan fingerprint density at radius 1 is 1.33 bits per heavy atom. The molecule has 0 saturated heterocycles. The third-order valence-electron chi connectivity index (χ3n) is 2.95. The molecule has 2 aromatic rings. The normalized spacial score (nSPS) is 11.9. The van der Waals surface area contributed by atoms with Crippen LogP contribution in [0.25, 0.3) is 5.57 Å². The van der Waals surface area contributed by atoms with Crippen LogP contribution in [-0.2, 0) is 16.2 Å². The summed E-state index contributed by atoms with van der Waals surface area (Å²) in [6, 6.07) is 3.67. The van der Waals surface area contributed by atoms with Crippen LogP contribution in [-0.4, -0.2) is 25.6 Å². The third kappa shape index (κ3) is 4.15. The van der Waals surface area contributed by atoms with E-state index in [1.54, 1.807) is 31.0 Å². The van der Waals surface area contributed by atoms with Gasteiger partial charge in [-0.15, -0.1) is 0 Å². The van der Waals surface area contributed by atoms with E-state index in [-0.39, 0.29) is 12.8 Å². The van der Waals surface area contributed by atoms with Crippen LogP contribution < -0.4 is 5.90 Å². The number of rotatable bonds is 7. The van der Waals surface area contributed by atoms with Crippen molar-refractivity contribution >= 4 is 11.5 Å². The van der Waals surface area contributed by atoms with Gasteiger partial charge in [-0.2, -0.15) is 5.90 Å². The second-order valence-corrected chi connectivity index (χ2v) is 4.39. The number of hydrogen-bond donors (Lipinski definition) is 2. The topological polar surface area (TPSA) is 103 Å². The second-order valence-electron chi connectivity index (χ2n) is 4.39. The lowest BCUT2D eigenvalue weighted by Gasteiger charge is -2.14. The van der Waals surface area contributed by atoms with Crippen molar-refractivity contribution in [1.82, 2.24) is 14.5 Å². The minimum atomic E-state index is -0.905. The molecule has 0 aliphatic heterocycles. The molecule has 0 fully saturated rings. The molecule has 0 aromatic carbocycles. The number of carbonyl (C=O) groups is 1. The number of aromatic nitrogens is 3. The Hall–Kier alpha value is -2.67. The Bertz CT molecular complexity index is 608. The molecule has 0 aliphatic rings. The van der Waals surface area contributed by atoms with Gasteiger partial charge in [0.25, 0.3) is 0 Å². The first-order valence-electron chi connectivity index (χ1n) is 6.37. The molecule has 2 heterocycles. The first-order valence-corrected chi connectivity index (χ1v) is 6.37. The van der Waals surface area contributed by atoms with Gasteiger partial charge in [0.2, 0.25) is 0 Å². The van der Waals surface area contributed by atoms with E-state index < -0.39 is 5.97 Å². The molecule has 0 amide bonds. The molecule has 0 aliphatic carbocycles. The number of imidazole rings is 1. The van der Waals surface area contributed by atoms with Crippen LogP contribution in [0.1, 0.15) is 18.4 Å². The number of nitrogens with two attached hydrogens (primary N) is 1. The summed E-state index contributed by atoms with van der Waals surface area (Å²) < 4.78 is 1.85. The van der Waals surface area contributed by atoms with Crippen molar-refractivity contribution in [1.29, 1.82) is 0 Å². The Labute approximate surface area is 121 Å². The lowest BCUT2D eigenvalue weighted by atomic mass is 10.0. The Morgan fingerprint density at radius 3 is 2.76 bits per heavy atom. The predicted molar refractivity (Wildman–Crippen MR) is 75.5 cm³/mol. The van der Waals surface area contributed by atoms with Crippen LogP contribution in [0.5, 0.6) is 0 Å². The zero-order valence-electron chi connectivity index (χ0n) is 11.3. The summed E-state index contributed by atoms with van der Waals surface area (Å²) in [5.74, 6) is 4.85. The maximum atomic E-state index is 10.7. The number of allylic oxidation sites excluding steroid dienone is 2. The molecule has 2 aromatic heterocycles. The van der Waals surface area contributed by atoms with E-state index in [4.69, 9.17) is 15.8 Å². The predicted octanol–water partition coefficient (Wildman–Crippen LogP) is 1.44. The summed E-state index contributed by atoms with van der Waals surface area (Å²) in [6.45, 7) is 0.470. The van der Waals surface area contributed by atoms with Crippen molar-refractivity contribution in [2.24, 2.45) is 5.90 Å². The molecule has 7 nitrogen and oxygen atoms in total. The maximum absolute atomic E-state index is 10.7. The summed E-state index contributed by atoms with van der Waals surface area (Å²) in [7, 11) is 0. The molecule has 0 radical (unpaired) electrons. The van der Waals surface area contributed by atoms with Crippen LogP contribution >= 0.6 is 0 Å². The van der Waals surface area contributed by atoms with Gasteiger partial charge in [0.05, 0.1) is 19.3 Å². The van der Waals surface area contributed by atoms with E-state index in [9.17, 15) is 4.79 Å². The number of aliphatic carboxylic acids is 1. The summed E-state index contributed by atoms with van der Waals surface area (Å²) in [4.78, 5) is 23.7. The number of nitrogens with zero attached hydrogens (tertiary/aromatic N) is 3. The highest BCUT2D eigenvalue weighted by Crippen LogP contribution is 2.23. The van der Waals surface area contributed by atoms with E-state index >= 15 is 0 Å². The number of hydrogen-bond acceptors (Lipinski definition) is 5. The molecule has 21 heavy (non-hydrogen) atoms. The van der Waals surface area contributed by atoms with Crippen LogP contribution in [0.15, 0.2) is 49.0 Å². The van der Waals surface area contributed by atoms with E-state index in [0.717, 1.165) is 11.1 Å². The Morgan fingerprint density at radius 2 is 2.19 bits per heavy atom. The molecule has 0 atom stereocenters. The van der Waals surface area contributed by atoms with Crippen molar-refractivity contribution < 1.29 is 14.7 Å². The third-order valence-corrected chi connectivity index (χ3v) is 2.95. The van der Waals surface area contributed by atoms with Crippen molar-refractivity contribution in [2.75, 3.05) is 0 Å². The average molecular weight is 288 g/mol. The lowest BCUT2D eigenvalue weighted by Crippen LogP contribution is -2.09. The van der Waals surface area contributed by atoms with Gasteiger partial charge >= 0.3 is 5.97 Å². The standard InChI is InChI=1S/C14H16N4O3/c15-21-13(3-4-14(19)20)12(9-18-7-6-17-10-18)11-2-1-5-16-8-11/h1-2,5-8,10H,3-4,9,15H2,(H,19,20). The molecular formula is C14H16N4O3. The van der Waals surface area contributed by atoms with E-state index in [2.05, 4.69) is 9.97 Å². The van der Waals surface area contributed by atoms with Gasteiger partial charge in [-0.1, -0.05) is 6.07 Å². The average Bonchev–Trinajstić information content (AvgIpc) is 3.00. The quantitative estimate of drug-likeness (QED) is 0.590. The zero-order chi connectivity index (χ0) is 15.1. The number of pyridine rings is 1. The van der Waals surface area contributed by atoms with Crippen LogP contribution in [0, 0.1) is 0 Å². The highest BCUT2D eigenvalue weighted by molar-refractivity contribution is 5.70. The summed E-state index contributed by atoms with van der Waals surface area (Å²) in [5.41, 5.74) is 1.61. The van der Waals surface area contributed by atoms with Crippen molar-refractivity contribution in [3.63, 3.8) is 0 Å². The fraction of sp³-hybridized carbons (Fsp3) is 0.214. The Kier molecular flexibility index (Phi) is 5.05. The van der Waals surface area contributed by atoms with Crippen molar-refractivity contribution in [2.45, 2.75) is 19.4 Å². The SMILES string of the molecule is NOC(CCC(=O)O)=C(Cn1ccnc1)c1cccnc1. The number of carboxylic acid groups (broad SMARTS) is 1. The van der Waals surface area contributed by atoms with E-state index in [1.165, 1.54) is 0 Å². The van der Waals surface area contributed by atoms with Crippen LogP contribution in [0.2, 0.25) is 0 Å². The first kappa shape index (κ1) is 14.7. The molecule has 0 saturated carbocycles. The van der Waals surface area contributed by atoms with Gasteiger partial charge < -0.3 is 14.5 Å². The maximum Gasteiger partial charge on any atom is 0.303 e. The fourth-order valence-corrected chi connectivity index (χ4v) is 1.95. The van der Waals surface area contributed by atoms with Crippen molar-refractivity contribution in [3.8, 4) is 0 Å². The minimum absolute atomic E-state index is 0.0553. The molecule has 110 valence electrons. The highest BCUT2D eigenvalue weighted by Gasteiger charge is 2.13. The molecular weight excluding hydrogens is 272 g/mol. The molecule has 3 N–H and O–H groups in total. The highest BCUT2D eigenvalue weighted by atomic mass is 16.6. The summed E-state index contributed by atoms with van der Waals surface area (Å²) >= 11 is 0. The smallest absolute Gasteiger partial charge is 0.303 e. The summed E-state index contributed by atoms with van der Waals surface area (Å²) in [6.07, 6.45) is 8.65. The van der Waals surface area contributed by atoms with Crippen LogP contribution in [0.4, 0.5) is 0 Å². The van der Waals surface area contributed by atoms with Gasteiger partial charge in [0, 0.05) is 42.3 Å². The van der Waals surface area contributed by atoms with E-state index in [1.807, 2.05) is 16.8 Å². The Balaban J connectivity index is 2.35. The van der Waals surface area contributed by atoms with Gasteiger partial charge in [0.1, 0.15) is 5.76 Å². The number of carboxylic acids is 1. The molecule has 7 heteroatoms. The molecule has 0 unspecified atom stereocenters. The lowest BCUT2D eigenvalue weighted by molar-refractivity contribution is -0.137. The molecule has 2 rings (SSSR count). The van der Waals surface area contributed by atoms with Gasteiger partial charge in [-0.25, -0.2) is 4.98 Å². The second kappa shape index (κ2) is 7.20. The van der Waals surface area contributed by atoms with Gasteiger partial charge in [-0.3, -0.25) is 9.78 Å². The minimum Gasteiger partial charge on any atom is -0.481 e. The fourth-order valence-electron chi connectivity index (χ4n) is 1.95. The monoisotopic (exact) mass is 288 g/mol. The first-order chi connectivity index (χ1) is 10.2. The van der Waals surface area contributed by atoms with Gasteiger partial charge in [-0.05, 0) is 6.07 Å². The zero-order valence-corrected chi connectivity index (χ0v) is 11.3. The molecule has 0 spiro atoms. The van der Waals surface area contributed by atoms with Gasteiger partial charge in [0.15, 0.2) is 0 Å². The van der Waals surface area contributed by atoms with E-state index in [0.29, 0.717) is 12.3 Å². The largest absolute Gasteiger partial charge is 0.481 e. The molecule has 0 bridgehead atoms.